The van der Waals surface area contributed by atoms with E-state index in [9.17, 15) is 4.79 Å². The second-order valence-electron chi connectivity index (χ2n) is 6.62. The van der Waals surface area contributed by atoms with E-state index in [2.05, 4.69) is 45.9 Å². The summed E-state index contributed by atoms with van der Waals surface area (Å²) in [5.41, 5.74) is 5.10. The lowest BCUT2D eigenvalue weighted by Gasteiger charge is -2.15. The summed E-state index contributed by atoms with van der Waals surface area (Å²) < 4.78 is 12.0. The zero-order valence-electron chi connectivity index (χ0n) is 15.0. The molecule has 5 heteroatoms. The van der Waals surface area contributed by atoms with Crippen LogP contribution in [0.25, 0.3) is 10.9 Å². The Morgan fingerprint density at radius 1 is 1.23 bits per heavy atom. The van der Waals surface area contributed by atoms with Crippen LogP contribution in [0.5, 0.6) is 5.75 Å². The molecule has 0 bridgehead atoms. The van der Waals surface area contributed by atoms with E-state index in [0.29, 0.717) is 11.8 Å². The molecule has 0 radical (unpaired) electrons. The van der Waals surface area contributed by atoms with Crippen molar-refractivity contribution in [1.29, 1.82) is 0 Å². The molecule has 0 spiro atoms. The first-order chi connectivity index (χ1) is 12.7. The second-order valence-corrected chi connectivity index (χ2v) is 6.62. The minimum Gasteiger partial charge on any atom is -0.437 e. The summed E-state index contributed by atoms with van der Waals surface area (Å²) in [6.07, 6.45) is 1.39. The number of benzene rings is 2. The maximum Gasteiger partial charge on any atom is 0.513 e. The van der Waals surface area contributed by atoms with Crippen LogP contribution in [0.2, 0.25) is 0 Å². The van der Waals surface area contributed by atoms with Gasteiger partial charge < -0.3 is 19.4 Å². The Hall–Kier alpha value is -2.79. The average Bonchev–Trinajstić information content (AvgIpc) is 3.21. The summed E-state index contributed by atoms with van der Waals surface area (Å²) in [5.74, 6) is 0.512. The van der Waals surface area contributed by atoms with Crippen LogP contribution >= 0.6 is 0 Å². The van der Waals surface area contributed by atoms with Crippen molar-refractivity contribution in [1.82, 2.24) is 9.88 Å². The number of hydrogen-bond donors (Lipinski definition) is 1. The normalized spacial score (nSPS) is 15.8. The predicted octanol–water partition coefficient (Wildman–Crippen LogP) is 4.10. The number of nitrogens with zero attached hydrogens (tertiary/aromatic N) is 1. The van der Waals surface area contributed by atoms with Crippen LogP contribution in [0.3, 0.4) is 0 Å². The van der Waals surface area contributed by atoms with Crippen molar-refractivity contribution in [3.05, 3.63) is 65.4 Å². The van der Waals surface area contributed by atoms with Crippen molar-refractivity contribution < 1.29 is 14.3 Å². The van der Waals surface area contributed by atoms with Gasteiger partial charge in [0.2, 0.25) is 0 Å². The topological polar surface area (TPSA) is 52.5 Å². The highest BCUT2D eigenvalue weighted by atomic mass is 16.7. The van der Waals surface area contributed by atoms with Gasteiger partial charge in [0.05, 0.1) is 7.11 Å². The fourth-order valence-electron chi connectivity index (χ4n) is 3.89. The van der Waals surface area contributed by atoms with Crippen LogP contribution in [0.15, 0.2) is 48.5 Å². The maximum atomic E-state index is 11.4. The highest BCUT2D eigenvalue weighted by molar-refractivity contribution is 5.88. The van der Waals surface area contributed by atoms with Gasteiger partial charge in [-0.1, -0.05) is 30.3 Å². The Labute approximate surface area is 152 Å². The zero-order valence-corrected chi connectivity index (χ0v) is 15.0. The summed E-state index contributed by atoms with van der Waals surface area (Å²) >= 11 is 0. The quantitative estimate of drug-likeness (QED) is 0.568. The number of carbonyl (C=O) groups excluding carboxylic acids is 1. The summed E-state index contributed by atoms with van der Waals surface area (Å²) in [6.45, 7) is 0.850. The Morgan fingerprint density at radius 3 is 2.81 bits per heavy atom. The number of rotatable bonds is 4. The van der Waals surface area contributed by atoms with E-state index < -0.39 is 6.16 Å². The summed E-state index contributed by atoms with van der Waals surface area (Å²) in [4.78, 5) is 11.4. The van der Waals surface area contributed by atoms with Gasteiger partial charge >= 0.3 is 6.16 Å². The smallest absolute Gasteiger partial charge is 0.437 e. The molecule has 0 aliphatic heterocycles. The minimum atomic E-state index is -0.695. The fourth-order valence-corrected chi connectivity index (χ4v) is 3.89. The Balaban J connectivity index is 1.61. The number of ether oxygens (including phenoxy) is 2. The van der Waals surface area contributed by atoms with E-state index in [4.69, 9.17) is 4.74 Å². The first kappa shape index (κ1) is 16.7. The first-order valence-corrected chi connectivity index (χ1v) is 8.81. The van der Waals surface area contributed by atoms with Crippen LogP contribution in [-0.4, -0.2) is 17.8 Å². The Kier molecular flexibility index (Phi) is 4.39. The van der Waals surface area contributed by atoms with Gasteiger partial charge in [-0.2, -0.15) is 0 Å². The monoisotopic (exact) mass is 350 g/mol. The van der Waals surface area contributed by atoms with Crippen LogP contribution in [0.4, 0.5) is 4.79 Å². The van der Waals surface area contributed by atoms with Crippen molar-refractivity contribution >= 4 is 17.1 Å². The number of carbonyl (C=O) groups is 1. The number of fused-ring (bicyclic) bond motifs is 3. The van der Waals surface area contributed by atoms with Gasteiger partial charge in [0.15, 0.2) is 0 Å². The lowest BCUT2D eigenvalue weighted by Crippen LogP contribution is -2.20. The van der Waals surface area contributed by atoms with Crippen LogP contribution in [0.1, 0.15) is 29.3 Å². The summed E-state index contributed by atoms with van der Waals surface area (Å²) in [7, 11) is 3.41. The Bertz CT molecular complexity index is 947. The van der Waals surface area contributed by atoms with Gasteiger partial charge in [-0.15, -0.1) is 0 Å². The molecule has 0 fully saturated rings. The van der Waals surface area contributed by atoms with Gasteiger partial charge in [-0.3, -0.25) is 0 Å². The molecule has 0 saturated carbocycles. The molecule has 1 aromatic heterocycles. The van der Waals surface area contributed by atoms with Crippen LogP contribution in [-0.2, 0) is 24.8 Å². The number of hydrogen-bond acceptors (Lipinski definition) is 4. The molecule has 4 rings (SSSR count). The molecule has 1 aliphatic rings. The number of methoxy groups -OCH3 is 1. The van der Waals surface area contributed by atoms with Crippen molar-refractivity contribution in [3.8, 4) is 5.75 Å². The Morgan fingerprint density at radius 2 is 2.04 bits per heavy atom. The van der Waals surface area contributed by atoms with Gasteiger partial charge in [0.1, 0.15) is 5.75 Å². The molecule has 1 heterocycles. The molecule has 26 heavy (non-hydrogen) atoms. The van der Waals surface area contributed by atoms with Crippen molar-refractivity contribution in [3.63, 3.8) is 0 Å². The molecule has 5 nitrogen and oxygen atoms in total. The third-order valence-corrected chi connectivity index (χ3v) is 5.10. The van der Waals surface area contributed by atoms with Gasteiger partial charge in [-0.25, -0.2) is 4.79 Å². The average molecular weight is 350 g/mol. The number of nitrogens with one attached hydrogen (secondary N) is 1. The van der Waals surface area contributed by atoms with E-state index in [1.807, 2.05) is 18.2 Å². The largest absolute Gasteiger partial charge is 0.513 e. The van der Waals surface area contributed by atoms with Crippen molar-refractivity contribution in [2.45, 2.75) is 25.4 Å². The van der Waals surface area contributed by atoms with Gasteiger partial charge in [0.25, 0.3) is 0 Å². The molecule has 0 amide bonds. The zero-order chi connectivity index (χ0) is 18.1. The van der Waals surface area contributed by atoms with E-state index >= 15 is 0 Å². The SMILES string of the molecule is COC(=O)Oc1ccc2c(c1)c1c(n2C)C(NCc2ccccc2)CC1. The molecule has 2 aromatic carbocycles. The highest BCUT2D eigenvalue weighted by Crippen LogP contribution is 2.39. The summed E-state index contributed by atoms with van der Waals surface area (Å²) in [6, 6.07) is 16.5. The van der Waals surface area contributed by atoms with Crippen molar-refractivity contribution in [2.75, 3.05) is 7.11 Å². The second kappa shape index (κ2) is 6.84. The molecule has 1 aliphatic carbocycles. The third kappa shape index (κ3) is 2.95. The van der Waals surface area contributed by atoms with E-state index in [0.717, 1.165) is 30.3 Å². The molecule has 1 atom stereocenters. The highest BCUT2D eigenvalue weighted by Gasteiger charge is 2.28. The lowest BCUT2D eigenvalue weighted by molar-refractivity contribution is 0.121. The van der Waals surface area contributed by atoms with Crippen molar-refractivity contribution in [2.24, 2.45) is 7.05 Å². The van der Waals surface area contributed by atoms with Gasteiger partial charge in [-0.05, 0) is 42.2 Å². The molecule has 3 aromatic rings. The fraction of sp³-hybridized carbons (Fsp3) is 0.286. The van der Waals surface area contributed by atoms with E-state index in [1.54, 1.807) is 6.07 Å². The van der Waals surface area contributed by atoms with Crippen LogP contribution in [0, 0.1) is 0 Å². The molecule has 0 saturated heterocycles. The molecular weight excluding hydrogens is 328 g/mol. The predicted molar refractivity (Wildman–Crippen MR) is 100 cm³/mol. The summed E-state index contributed by atoms with van der Waals surface area (Å²) in [5, 5.41) is 4.83. The van der Waals surface area contributed by atoms with E-state index in [-0.39, 0.29) is 0 Å². The minimum absolute atomic E-state index is 0.326. The lowest BCUT2D eigenvalue weighted by atomic mass is 10.1. The van der Waals surface area contributed by atoms with Gasteiger partial charge in [0, 0.05) is 36.2 Å². The molecule has 134 valence electrons. The molecule has 1 unspecified atom stereocenters. The van der Waals surface area contributed by atoms with E-state index in [1.165, 1.54) is 23.9 Å². The van der Waals surface area contributed by atoms with Crippen LogP contribution < -0.4 is 10.1 Å². The molecule has 1 N–H and O–H groups in total. The first-order valence-electron chi connectivity index (χ1n) is 8.81. The number of aryl methyl sites for hydroxylation is 2. The standard InChI is InChI=1S/C21H22N2O3/c1-23-19-11-8-15(26-21(24)25-2)12-17(19)16-9-10-18(20(16)23)22-13-14-6-4-3-5-7-14/h3-8,11-12,18,22H,9-10,13H2,1-2H3. The third-order valence-electron chi connectivity index (χ3n) is 5.10. The number of aromatic nitrogens is 1. The maximum absolute atomic E-state index is 11.4. The molecular formula is C21H22N2O3.